The third kappa shape index (κ3) is 7.69. The third-order valence-corrected chi connectivity index (χ3v) is 9.31. The quantitative estimate of drug-likeness (QED) is 0.265. The number of nitrogens with zero attached hydrogens (tertiary/aromatic N) is 2. The van der Waals surface area contributed by atoms with Gasteiger partial charge in [0.1, 0.15) is 12.6 Å². The van der Waals surface area contributed by atoms with E-state index in [1.807, 2.05) is 20.8 Å². The molecule has 0 fully saturated rings. The number of sulfonamides is 1. The van der Waals surface area contributed by atoms with Gasteiger partial charge in [-0.15, -0.1) is 0 Å². The number of carbonyl (C=O) groups excluding carboxylic acids is 2. The van der Waals surface area contributed by atoms with Crippen LogP contribution in [-0.4, -0.2) is 43.8 Å². The van der Waals surface area contributed by atoms with Gasteiger partial charge in [0, 0.05) is 33.2 Å². The Labute approximate surface area is 251 Å². The molecule has 0 bridgehead atoms. The lowest BCUT2D eigenvalue weighted by molar-refractivity contribution is -0.139. The number of carbonyl (C=O) groups is 2. The number of hydrogen-bond acceptors (Lipinski definition) is 4. The number of nitrogens with one attached hydrogen (secondary N) is 1. The fraction of sp³-hybridized carbons (Fsp3) is 0.310. The Morgan fingerprint density at radius 2 is 1.48 bits per heavy atom. The van der Waals surface area contributed by atoms with E-state index in [-0.39, 0.29) is 23.4 Å². The highest BCUT2D eigenvalue weighted by molar-refractivity contribution is 7.92. The Morgan fingerprint density at radius 1 is 0.900 bits per heavy atom. The van der Waals surface area contributed by atoms with Gasteiger partial charge in [-0.3, -0.25) is 13.9 Å². The first-order valence-electron chi connectivity index (χ1n) is 12.7. The summed E-state index contributed by atoms with van der Waals surface area (Å²) in [5.41, 5.74) is 1.66. The molecular formula is C29H32Cl3N3O4S. The van der Waals surface area contributed by atoms with E-state index in [1.54, 1.807) is 49.4 Å². The zero-order valence-electron chi connectivity index (χ0n) is 22.7. The fourth-order valence-corrected chi connectivity index (χ4v) is 5.93. The second-order valence-electron chi connectivity index (χ2n) is 9.52. The molecule has 0 saturated heterocycles. The van der Waals surface area contributed by atoms with Crippen LogP contribution in [0.5, 0.6) is 0 Å². The molecule has 3 aromatic carbocycles. The van der Waals surface area contributed by atoms with E-state index in [4.69, 9.17) is 34.8 Å². The van der Waals surface area contributed by atoms with Crippen molar-refractivity contribution in [3.05, 3.63) is 92.9 Å². The molecule has 7 nitrogen and oxygen atoms in total. The van der Waals surface area contributed by atoms with Crippen molar-refractivity contribution in [2.45, 2.75) is 57.6 Å². The lowest BCUT2D eigenvalue weighted by atomic mass is 10.1. The van der Waals surface area contributed by atoms with Crippen LogP contribution in [0.25, 0.3) is 0 Å². The number of rotatable bonds is 11. The second-order valence-corrected chi connectivity index (χ2v) is 12.6. The van der Waals surface area contributed by atoms with Crippen LogP contribution in [-0.2, 0) is 26.2 Å². The van der Waals surface area contributed by atoms with E-state index in [9.17, 15) is 18.0 Å². The summed E-state index contributed by atoms with van der Waals surface area (Å²) in [7, 11) is -4.20. The lowest BCUT2D eigenvalue weighted by Crippen LogP contribution is -2.52. The van der Waals surface area contributed by atoms with E-state index in [1.165, 1.54) is 29.2 Å². The van der Waals surface area contributed by atoms with Gasteiger partial charge in [0.15, 0.2) is 0 Å². The van der Waals surface area contributed by atoms with Crippen LogP contribution >= 0.6 is 34.8 Å². The first kappa shape index (κ1) is 31.7. The highest BCUT2D eigenvalue weighted by atomic mass is 35.5. The number of halogens is 3. The molecule has 40 heavy (non-hydrogen) atoms. The van der Waals surface area contributed by atoms with E-state index in [2.05, 4.69) is 5.32 Å². The van der Waals surface area contributed by atoms with Crippen molar-refractivity contribution in [3.63, 3.8) is 0 Å². The minimum atomic E-state index is -4.20. The Balaban J connectivity index is 2.06. The zero-order valence-corrected chi connectivity index (χ0v) is 25.8. The normalized spacial score (nSPS) is 12.9. The number of aryl methyl sites for hydroxylation is 1. The molecule has 0 aliphatic rings. The largest absolute Gasteiger partial charge is 0.352 e. The van der Waals surface area contributed by atoms with Gasteiger partial charge in [-0.05, 0) is 75.7 Å². The Bertz CT molecular complexity index is 1430. The standard InChI is InChI=1S/C29H32Cl3N3O4S/c1-5-20(3)33-29(37)21(4)34(17-25-26(31)7-6-8-27(25)32)28(36)18-35(23-13-9-19(2)10-14-23)40(38,39)24-15-11-22(30)12-16-24/h6-16,20-21H,5,17-18H2,1-4H3,(H,33,37)/t20-,21-/m1/s1. The smallest absolute Gasteiger partial charge is 0.264 e. The average molecular weight is 625 g/mol. The summed E-state index contributed by atoms with van der Waals surface area (Å²) < 4.78 is 28.7. The van der Waals surface area contributed by atoms with Gasteiger partial charge in [0.05, 0.1) is 10.6 Å². The van der Waals surface area contributed by atoms with Crippen molar-refractivity contribution < 1.29 is 18.0 Å². The molecule has 2 amide bonds. The summed E-state index contributed by atoms with van der Waals surface area (Å²) in [6.45, 7) is 6.58. The molecule has 0 aromatic heterocycles. The summed E-state index contributed by atoms with van der Waals surface area (Å²) in [6, 6.07) is 16.4. The van der Waals surface area contributed by atoms with Crippen LogP contribution in [0, 0.1) is 6.92 Å². The SMILES string of the molecule is CC[C@@H](C)NC(=O)[C@@H](C)N(Cc1c(Cl)cccc1Cl)C(=O)CN(c1ccc(C)cc1)S(=O)(=O)c1ccc(Cl)cc1. The number of amides is 2. The van der Waals surface area contributed by atoms with Gasteiger partial charge in [0.2, 0.25) is 11.8 Å². The van der Waals surface area contributed by atoms with E-state index >= 15 is 0 Å². The van der Waals surface area contributed by atoms with Crippen LogP contribution < -0.4 is 9.62 Å². The molecule has 0 unspecified atom stereocenters. The van der Waals surface area contributed by atoms with Gasteiger partial charge in [-0.25, -0.2) is 8.42 Å². The summed E-state index contributed by atoms with van der Waals surface area (Å²) in [5.74, 6) is -0.991. The highest BCUT2D eigenvalue weighted by Gasteiger charge is 2.33. The summed E-state index contributed by atoms with van der Waals surface area (Å²) >= 11 is 18.8. The molecule has 0 radical (unpaired) electrons. The lowest BCUT2D eigenvalue weighted by Gasteiger charge is -2.33. The van der Waals surface area contributed by atoms with Gasteiger partial charge < -0.3 is 10.2 Å². The van der Waals surface area contributed by atoms with Crippen molar-refractivity contribution in [1.82, 2.24) is 10.2 Å². The molecule has 11 heteroatoms. The molecule has 0 saturated carbocycles. The maximum Gasteiger partial charge on any atom is 0.264 e. The van der Waals surface area contributed by atoms with Crippen LogP contribution in [0.1, 0.15) is 38.3 Å². The molecule has 3 aromatic rings. The molecule has 2 atom stereocenters. The number of hydrogen-bond donors (Lipinski definition) is 1. The van der Waals surface area contributed by atoms with Gasteiger partial charge in [0.25, 0.3) is 10.0 Å². The Morgan fingerprint density at radius 3 is 2.02 bits per heavy atom. The average Bonchev–Trinajstić information content (AvgIpc) is 2.91. The van der Waals surface area contributed by atoms with Crippen molar-refractivity contribution in [3.8, 4) is 0 Å². The molecule has 0 heterocycles. The maximum absolute atomic E-state index is 14.0. The van der Waals surface area contributed by atoms with E-state index in [0.29, 0.717) is 32.7 Å². The monoisotopic (exact) mass is 623 g/mol. The maximum atomic E-state index is 14.0. The molecule has 0 aliphatic heterocycles. The van der Waals surface area contributed by atoms with Crippen LogP contribution in [0.15, 0.2) is 71.6 Å². The topological polar surface area (TPSA) is 86.8 Å². The second kappa shape index (κ2) is 13.7. The first-order valence-corrected chi connectivity index (χ1v) is 15.3. The highest BCUT2D eigenvalue weighted by Crippen LogP contribution is 2.29. The van der Waals surface area contributed by atoms with Gasteiger partial charge in [-0.1, -0.05) is 65.5 Å². The van der Waals surface area contributed by atoms with Crippen molar-refractivity contribution in [2.24, 2.45) is 0 Å². The van der Waals surface area contributed by atoms with Crippen LogP contribution in [0.2, 0.25) is 15.1 Å². The molecule has 0 aliphatic carbocycles. The van der Waals surface area contributed by atoms with E-state index < -0.39 is 28.5 Å². The summed E-state index contributed by atoms with van der Waals surface area (Å²) in [4.78, 5) is 28.4. The van der Waals surface area contributed by atoms with Gasteiger partial charge >= 0.3 is 0 Å². The Hall–Kier alpha value is -2.78. The molecular weight excluding hydrogens is 593 g/mol. The van der Waals surface area contributed by atoms with Crippen LogP contribution in [0.3, 0.4) is 0 Å². The summed E-state index contributed by atoms with van der Waals surface area (Å²) in [6.07, 6.45) is 0.698. The molecule has 214 valence electrons. The van der Waals surface area contributed by atoms with E-state index in [0.717, 1.165) is 9.87 Å². The van der Waals surface area contributed by atoms with Crippen molar-refractivity contribution in [2.75, 3.05) is 10.8 Å². The molecule has 0 spiro atoms. The number of anilines is 1. The zero-order chi connectivity index (χ0) is 29.6. The first-order chi connectivity index (χ1) is 18.8. The van der Waals surface area contributed by atoms with Gasteiger partial charge in [-0.2, -0.15) is 0 Å². The van der Waals surface area contributed by atoms with Crippen molar-refractivity contribution >= 4 is 62.3 Å². The predicted octanol–water partition coefficient (Wildman–Crippen LogP) is 6.48. The van der Waals surface area contributed by atoms with Crippen LogP contribution in [0.4, 0.5) is 5.69 Å². The third-order valence-electron chi connectivity index (χ3n) is 6.56. The molecule has 3 rings (SSSR count). The predicted molar refractivity (Wildman–Crippen MR) is 162 cm³/mol. The van der Waals surface area contributed by atoms with Crippen molar-refractivity contribution in [1.29, 1.82) is 0 Å². The minimum absolute atomic E-state index is 0.0338. The number of benzene rings is 3. The minimum Gasteiger partial charge on any atom is -0.352 e. The fourth-order valence-electron chi connectivity index (χ4n) is 3.88. The molecule has 1 N–H and O–H groups in total. The summed E-state index contributed by atoms with van der Waals surface area (Å²) in [5, 5.41) is 3.91. The Kier molecular flexibility index (Phi) is 10.9.